The topological polar surface area (TPSA) is 93.1 Å². The molecule has 0 amide bonds. The first-order valence-corrected chi connectivity index (χ1v) is 4.05. The molecule has 0 fully saturated rings. The quantitative estimate of drug-likeness (QED) is 0.527. The van der Waals surface area contributed by atoms with Crippen LogP contribution in [0.3, 0.4) is 0 Å². The summed E-state index contributed by atoms with van der Waals surface area (Å²) in [6.45, 7) is 1.91. The van der Waals surface area contributed by atoms with Crippen molar-refractivity contribution in [2.24, 2.45) is 0 Å². The van der Waals surface area contributed by atoms with Gasteiger partial charge in [0.15, 0.2) is 0 Å². The monoisotopic (exact) mass is 204 g/mol. The second-order valence-corrected chi connectivity index (χ2v) is 2.44. The smallest absolute Gasteiger partial charge is 0.449 e. The van der Waals surface area contributed by atoms with E-state index in [1.165, 1.54) is 0 Å². The van der Waals surface area contributed by atoms with Crippen molar-refractivity contribution in [1.82, 2.24) is 0 Å². The molecule has 14 heavy (non-hydrogen) atoms. The summed E-state index contributed by atoms with van der Waals surface area (Å²) in [5, 5.41) is 16.4. The van der Waals surface area contributed by atoms with Gasteiger partial charge < -0.3 is 19.7 Å². The molecule has 0 aromatic carbocycles. The Bertz CT molecular complexity index is 232. The molecule has 0 spiro atoms. The maximum absolute atomic E-state index is 10.2. The first kappa shape index (κ1) is 12.3. The second kappa shape index (κ2) is 6.76. The predicted molar refractivity (Wildman–Crippen MR) is 45.8 cm³/mol. The molecule has 0 aliphatic heterocycles. The summed E-state index contributed by atoms with van der Waals surface area (Å²) in [5.41, 5.74) is 0. The number of unbranched alkanes of at least 4 members (excludes halogenated alkanes) is 1. The van der Waals surface area contributed by atoms with Crippen LogP contribution in [0.15, 0.2) is 12.0 Å². The van der Waals surface area contributed by atoms with Gasteiger partial charge in [-0.25, -0.2) is 9.59 Å². The fraction of sp³-hybridized carbons (Fsp3) is 0.500. The molecule has 0 saturated carbocycles. The summed E-state index contributed by atoms with van der Waals surface area (Å²) < 4.78 is 8.36. The molecule has 0 aromatic rings. The van der Waals surface area contributed by atoms with Crippen molar-refractivity contribution in [3.63, 3.8) is 0 Å². The number of hydrogen-bond donors (Lipinski definition) is 2. The lowest BCUT2D eigenvalue weighted by molar-refractivity contribution is 0.103. The van der Waals surface area contributed by atoms with Gasteiger partial charge in [0.05, 0.1) is 0 Å². The molecule has 2 N–H and O–H groups in total. The second-order valence-electron chi connectivity index (χ2n) is 2.44. The first-order valence-electron chi connectivity index (χ1n) is 4.05. The Morgan fingerprint density at radius 3 is 2.36 bits per heavy atom. The average molecular weight is 204 g/mol. The maximum Gasteiger partial charge on any atom is 0.511 e. The zero-order chi connectivity index (χ0) is 11.0. The molecule has 0 unspecified atom stereocenters. The Labute approximate surface area is 80.7 Å². The lowest BCUT2D eigenvalue weighted by Crippen LogP contribution is -2.02. The van der Waals surface area contributed by atoms with E-state index in [4.69, 9.17) is 10.2 Å². The summed E-state index contributed by atoms with van der Waals surface area (Å²) in [6, 6.07) is 0. The molecular formula is C8H12O6. The van der Waals surface area contributed by atoms with Crippen LogP contribution in [-0.2, 0) is 9.47 Å². The molecule has 0 rings (SSSR count). The molecule has 0 heterocycles. The van der Waals surface area contributed by atoms with Crippen LogP contribution < -0.4 is 0 Å². The fourth-order valence-corrected chi connectivity index (χ4v) is 0.713. The molecule has 6 nitrogen and oxygen atoms in total. The van der Waals surface area contributed by atoms with E-state index in [9.17, 15) is 9.59 Å². The molecule has 6 heteroatoms. The van der Waals surface area contributed by atoms with Crippen LogP contribution in [-0.4, -0.2) is 22.5 Å². The molecule has 0 aliphatic rings. The number of carboxylic acid groups (broad SMARTS) is 2. The molecule has 0 bridgehead atoms. The van der Waals surface area contributed by atoms with E-state index < -0.39 is 12.3 Å². The zero-order valence-corrected chi connectivity index (χ0v) is 7.73. The standard InChI is InChI=1S/C8H12O6/c1-2-3-4-6(14-8(11)12)5-13-7(9)10/h5H,2-4H2,1H3,(H,9,10)(H,11,12)/b6-5-. The number of rotatable bonds is 5. The SMILES string of the molecule is CCCC/C(=C/OC(=O)O)OC(=O)O. The Kier molecular flexibility index (Phi) is 5.93. The first-order chi connectivity index (χ1) is 6.56. The Hall–Kier alpha value is -1.72. The number of carbonyl (C=O) groups is 2. The number of allylic oxidation sites excluding steroid dienone is 1. The van der Waals surface area contributed by atoms with Crippen LogP contribution in [0.2, 0.25) is 0 Å². The summed E-state index contributed by atoms with van der Waals surface area (Å²) in [4.78, 5) is 20.1. The summed E-state index contributed by atoms with van der Waals surface area (Å²) in [6.07, 6.45) is -0.341. The third-order valence-electron chi connectivity index (χ3n) is 1.29. The minimum Gasteiger partial charge on any atom is -0.449 e. The van der Waals surface area contributed by atoms with Gasteiger partial charge in [0.1, 0.15) is 12.0 Å². The highest BCUT2D eigenvalue weighted by molar-refractivity contribution is 5.59. The van der Waals surface area contributed by atoms with Crippen molar-refractivity contribution in [3.8, 4) is 0 Å². The van der Waals surface area contributed by atoms with Crippen molar-refractivity contribution in [2.75, 3.05) is 0 Å². The van der Waals surface area contributed by atoms with Gasteiger partial charge in [-0.2, -0.15) is 0 Å². The lowest BCUT2D eigenvalue weighted by atomic mass is 10.2. The Morgan fingerprint density at radius 1 is 1.29 bits per heavy atom. The number of ether oxygens (including phenoxy) is 2. The van der Waals surface area contributed by atoms with Crippen molar-refractivity contribution < 1.29 is 29.3 Å². The minimum atomic E-state index is -1.51. The summed E-state index contributed by atoms with van der Waals surface area (Å²) in [5.74, 6) is -0.0123. The zero-order valence-electron chi connectivity index (χ0n) is 7.73. The van der Waals surface area contributed by atoms with Crippen LogP contribution in [0.5, 0.6) is 0 Å². The molecule has 0 saturated heterocycles. The van der Waals surface area contributed by atoms with Gasteiger partial charge in [0.2, 0.25) is 0 Å². The van der Waals surface area contributed by atoms with Crippen LogP contribution in [0, 0.1) is 0 Å². The van der Waals surface area contributed by atoms with Gasteiger partial charge in [-0.1, -0.05) is 13.3 Å². The van der Waals surface area contributed by atoms with Crippen molar-refractivity contribution in [3.05, 3.63) is 12.0 Å². The minimum absolute atomic E-state index is 0.0123. The normalized spacial score (nSPS) is 10.8. The molecule has 0 atom stereocenters. The molecule has 0 aromatic heterocycles. The van der Waals surface area contributed by atoms with E-state index in [0.29, 0.717) is 12.8 Å². The molecular weight excluding hydrogens is 192 g/mol. The van der Waals surface area contributed by atoms with E-state index in [1.807, 2.05) is 6.92 Å². The summed E-state index contributed by atoms with van der Waals surface area (Å²) >= 11 is 0. The molecule has 0 radical (unpaired) electrons. The fourth-order valence-electron chi connectivity index (χ4n) is 0.713. The Balaban J connectivity index is 4.14. The molecule has 80 valence electrons. The van der Waals surface area contributed by atoms with E-state index in [1.54, 1.807) is 0 Å². The third kappa shape index (κ3) is 6.96. The maximum atomic E-state index is 10.2. The Morgan fingerprint density at radius 2 is 1.93 bits per heavy atom. The van der Waals surface area contributed by atoms with Crippen molar-refractivity contribution in [1.29, 1.82) is 0 Å². The van der Waals surface area contributed by atoms with Gasteiger partial charge in [-0.05, 0) is 6.42 Å². The van der Waals surface area contributed by atoms with Crippen molar-refractivity contribution in [2.45, 2.75) is 26.2 Å². The average Bonchev–Trinajstić information content (AvgIpc) is 2.09. The van der Waals surface area contributed by atoms with Gasteiger partial charge in [0.25, 0.3) is 0 Å². The van der Waals surface area contributed by atoms with Crippen LogP contribution >= 0.6 is 0 Å². The van der Waals surface area contributed by atoms with E-state index in [-0.39, 0.29) is 5.76 Å². The highest BCUT2D eigenvalue weighted by Crippen LogP contribution is 2.09. The largest absolute Gasteiger partial charge is 0.511 e. The van der Waals surface area contributed by atoms with Gasteiger partial charge >= 0.3 is 12.3 Å². The highest BCUT2D eigenvalue weighted by atomic mass is 16.7. The predicted octanol–water partition coefficient (Wildman–Crippen LogP) is 2.41. The van der Waals surface area contributed by atoms with Gasteiger partial charge in [0, 0.05) is 6.42 Å². The van der Waals surface area contributed by atoms with Gasteiger partial charge in [-0.3, -0.25) is 0 Å². The van der Waals surface area contributed by atoms with Crippen LogP contribution in [0.25, 0.3) is 0 Å². The van der Waals surface area contributed by atoms with E-state index >= 15 is 0 Å². The number of hydrogen-bond acceptors (Lipinski definition) is 4. The van der Waals surface area contributed by atoms with Crippen molar-refractivity contribution >= 4 is 12.3 Å². The van der Waals surface area contributed by atoms with Crippen LogP contribution in [0.4, 0.5) is 9.59 Å². The van der Waals surface area contributed by atoms with E-state index in [2.05, 4.69) is 9.47 Å². The highest BCUT2D eigenvalue weighted by Gasteiger charge is 2.06. The van der Waals surface area contributed by atoms with Crippen LogP contribution in [0.1, 0.15) is 26.2 Å². The van der Waals surface area contributed by atoms with E-state index in [0.717, 1.165) is 12.7 Å². The third-order valence-corrected chi connectivity index (χ3v) is 1.29. The van der Waals surface area contributed by atoms with Gasteiger partial charge in [-0.15, -0.1) is 0 Å². The molecule has 0 aliphatic carbocycles. The lowest BCUT2D eigenvalue weighted by Gasteiger charge is -2.03. The summed E-state index contributed by atoms with van der Waals surface area (Å²) in [7, 11) is 0.